The number of nitrogens with one attached hydrogen (secondary N) is 1. The molecule has 3 atom stereocenters. The molecule has 1 unspecified atom stereocenters. The Bertz CT molecular complexity index is 1120. The van der Waals surface area contributed by atoms with Crippen molar-refractivity contribution in [1.29, 1.82) is 0 Å². The molecule has 0 saturated carbocycles. The van der Waals surface area contributed by atoms with E-state index in [9.17, 15) is 32.4 Å². The van der Waals surface area contributed by atoms with Gasteiger partial charge in [-0.1, -0.05) is 0 Å². The summed E-state index contributed by atoms with van der Waals surface area (Å²) in [5.74, 6) is -1.61. The average Bonchev–Trinajstić information content (AvgIpc) is 3.11. The van der Waals surface area contributed by atoms with Crippen LogP contribution in [-0.2, 0) is 47.5 Å². The Hall–Kier alpha value is -3.18. The maximum absolute atomic E-state index is 13.1. The molecule has 3 heterocycles. The van der Waals surface area contributed by atoms with Crippen molar-refractivity contribution < 1.29 is 55.1 Å². The molecule has 3 aliphatic heterocycles. The summed E-state index contributed by atoms with van der Waals surface area (Å²) < 4.78 is 49.5. The van der Waals surface area contributed by atoms with E-state index in [1.807, 2.05) is 0 Å². The quantitative estimate of drug-likeness (QED) is 0.256. The van der Waals surface area contributed by atoms with Crippen molar-refractivity contribution in [2.45, 2.75) is 84.7 Å². The maximum Gasteiger partial charge on any atom is 0.421 e. The van der Waals surface area contributed by atoms with E-state index in [-0.39, 0.29) is 25.6 Å². The lowest BCUT2D eigenvalue weighted by Gasteiger charge is -2.34. The molecule has 4 amide bonds. The number of nitrogens with zero attached hydrogens (tertiary/aromatic N) is 3. The Morgan fingerprint density at radius 3 is 2.34 bits per heavy atom. The minimum absolute atomic E-state index is 0.0889. The highest BCUT2D eigenvalue weighted by Crippen LogP contribution is 2.31. The first kappa shape index (κ1) is 32.3. The number of carbonyl (C=O) groups is 5. The lowest BCUT2D eigenvalue weighted by molar-refractivity contribution is -0.163. The first-order valence-electron chi connectivity index (χ1n) is 13.4. The molecule has 41 heavy (non-hydrogen) atoms. The number of hydroxylamine groups is 2. The van der Waals surface area contributed by atoms with Crippen LogP contribution in [0.15, 0.2) is 0 Å². The van der Waals surface area contributed by atoms with Crippen LogP contribution in [0, 0.1) is 5.41 Å². The normalized spacial score (nSPS) is 22.3. The van der Waals surface area contributed by atoms with Crippen LogP contribution in [0.2, 0.25) is 0 Å². The summed E-state index contributed by atoms with van der Waals surface area (Å²) in [5, 5.41) is 3.61. The molecule has 3 aliphatic rings. The van der Waals surface area contributed by atoms with Crippen molar-refractivity contribution in [3.8, 4) is 0 Å². The van der Waals surface area contributed by atoms with E-state index < -0.39 is 70.8 Å². The second kappa shape index (κ2) is 13.2. The van der Waals surface area contributed by atoms with Gasteiger partial charge in [0.1, 0.15) is 6.04 Å². The second-order valence-electron chi connectivity index (χ2n) is 10.7. The second-order valence-corrected chi connectivity index (χ2v) is 11.9. The Morgan fingerprint density at radius 2 is 1.73 bits per heavy atom. The lowest BCUT2D eigenvalue weighted by atomic mass is 9.95. The molecular formula is C24H38N4O12S. The van der Waals surface area contributed by atoms with Gasteiger partial charge in [0.05, 0.1) is 24.7 Å². The predicted octanol–water partition coefficient (Wildman–Crippen LogP) is 0.664. The molecule has 3 rings (SSSR count). The number of urea groups is 1. The van der Waals surface area contributed by atoms with Crippen LogP contribution in [0.5, 0.6) is 0 Å². The molecule has 0 aromatic heterocycles. The van der Waals surface area contributed by atoms with Gasteiger partial charge < -0.3 is 29.3 Å². The third-order valence-electron chi connectivity index (χ3n) is 6.89. The summed E-state index contributed by atoms with van der Waals surface area (Å²) >= 11 is 0. The predicted molar refractivity (Wildman–Crippen MR) is 138 cm³/mol. The van der Waals surface area contributed by atoms with Crippen LogP contribution in [0.3, 0.4) is 0 Å². The number of rotatable bonds is 11. The maximum atomic E-state index is 13.1. The fourth-order valence-electron chi connectivity index (χ4n) is 4.71. The summed E-state index contributed by atoms with van der Waals surface area (Å²) in [6.07, 6.45) is -0.161. The van der Waals surface area contributed by atoms with Gasteiger partial charge in [-0.05, 0) is 46.5 Å². The molecule has 0 spiro atoms. The molecule has 3 saturated heterocycles. The monoisotopic (exact) mass is 606 g/mol. The van der Waals surface area contributed by atoms with Gasteiger partial charge >= 0.3 is 34.5 Å². The van der Waals surface area contributed by atoms with Gasteiger partial charge in [-0.25, -0.2) is 13.8 Å². The van der Waals surface area contributed by atoms with Crippen molar-refractivity contribution in [3.63, 3.8) is 0 Å². The first-order valence-corrected chi connectivity index (χ1v) is 14.8. The van der Waals surface area contributed by atoms with Gasteiger partial charge in [0.15, 0.2) is 0 Å². The van der Waals surface area contributed by atoms with E-state index in [1.54, 1.807) is 6.92 Å². The molecule has 0 aliphatic carbocycles. The average molecular weight is 607 g/mol. The topological polar surface area (TPSA) is 187 Å². The molecule has 0 aromatic carbocycles. The van der Waals surface area contributed by atoms with Crippen molar-refractivity contribution in [2.75, 3.05) is 32.8 Å². The molecule has 2 bridgehead atoms. The van der Waals surface area contributed by atoms with Crippen LogP contribution in [-0.4, -0.2) is 111 Å². The van der Waals surface area contributed by atoms with Gasteiger partial charge in [0, 0.05) is 39.5 Å². The van der Waals surface area contributed by atoms with Crippen molar-refractivity contribution >= 4 is 40.4 Å². The molecule has 232 valence electrons. The number of fused-ring (bicyclic) bond motifs is 2. The van der Waals surface area contributed by atoms with E-state index in [4.69, 9.17) is 22.7 Å². The van der Waals surface area contributed by atoms with Crippen LogP contribution in [0.1, 0.15) is 60.3 Å². The number of esters is 2. The molecule has 0 aromatic rings. The van der Waals surface area contributed by atoms with Crippen molar-refractivity contribution in [3.05, 3.63) is 0 Å². The standard InChI is InChI=1S/C24H38N4O12S/c1-6-36-21(31)24(4,5)14-37-41(34,35)40-28-18-7-8-19(27(13-18)22(28)32)20(30)25-17-9-11-26(12-10-17)23(33)39-16(3)38-15(2)29/h16-19H,6-14H2,1-5H3,(H,25,30)/t16?,18-,19-/m0/s1. The first-order chi connectivity index (χ1) is 19.1. The number of hydrogen-bond acceptors (Lipinski definition) is 12. The lowest BCUT2D eigenvalue weighted by Crippen LogP contribution is -2.54. The van der Waals surface area contributed by atoms with Gasteiger partial charge in [0.2, 0.25) is 12.2 Å². The smallest absolute Gasteiger partial charge is 0.421 e. The number of piperidine rings is 2. The van der Waals surface area contributed by atoms with Gasteiger partial charge in [-0.2, -0.15) is 13.5 Å². The summed E-state index contributed by atoms with van der Waals surface area (Å²) in [5.41, 5.74) is -1.27. The number of likely N-dealkylation sites (tertiary alicyclic amines) is 1. The minimum Gasteiger partial charge on any atom is -0.466 e. The number of hydrogen-bond donors (Lipinski definition) is 1. The van der Waals surface area contributed by atoms with Crippen LogP contribution >= 0.6 is 0 Å². The Morgan fingerprint density at radius 1 is 1.07 bits per heavy atom. The molecule has 0 radical (unpaired) electrons. The van der Waals surface area contributed by atoms with Gasteiger partial charge in [-0.15, -0.1) is 4.28 Å². The number of ether oxygens (including phenoxy) is 3. The zero-order valence-electron chi connectivity index (χ0n) is 23.8. The molecule has 1 N–H and O–H groups in total. The third kappa shape index (κ3) is 8.42. The zero-order valence-corrected chi connectivity index (χ0v) is 24.6. The van der Waals surface area contributed by atoms with E-state index in [0.717, 1.165) is 0 Å². The minimum atomic E-state index is -4.70. The number of amides is 4. The third-order valence-corrected chi connectivity index (χ3v) is 7.64. The summed E-state index contributed by atoms with van der Waals surface area (Å²) in [6.45, 7) is 7.41. The Kier molecular flexibility index (Phi) is 10.4. The highest BCUT2D eigenvalue weighted by Gasteiger charge is 2.50. The number of carbonyl (C=O) groups excluding carboxylic acids is 5. The zero-order chi connectivity index (χ0) is 30.5. The SMILES string of the molecule is CCOC(=O)C(C)(C)COS(=O)(=O)ON1C(=O)N2C[C@@H]1CC[C@H]2C(=O)NC1CCN(C(=O)OC(C)OC(C)=O)CC1. The van der Waals surface area contributed by atoms with Crippen LogP contribution in [0.25, 0.3) is 0 Å². The Labute approximate surface area is 238 Å². The summed E-state index contributed by atoms with van der Waals surface area (Å²) in [7, 11) is -4.70. The van der Waals surface area contributed by atoms with E-state index in [0.29, 0.717) is 37.4 Å². The molecule has 17 heteroatoms. The summed E-state index contributed by atoms with van der Waals surface area (Å²) in [4.78, 5) is 64.0. The highest BCUT2D eigenvalue weighted by atomic mass is 32.3. The van der Waals surface area contributed by atoms with Crippen LogP contribution in [0.4, 0.5) is 9.59 Å². The van der Waals surface area contributed by atoms with Gasteiger partial charge in [0.25, 0.3) is 0 Å². The fraction of sp³-hybridized carbons (Fsp3) is 0.792. The molecule has 16 nitrogen and oxygen atoms in total. The molecular weight excluding hydrogens is 568 g/mol. The van der Waals surface area contributed by atoms with E-state index in [2.05, 4.69) is 5.32 Å². The largest absolute Gasteiger partial charge is 0.466 e. The van der Waals surface area contributed by atoms with Crippen molar-refractivity contribution in [2.24, 2.45) is 5.41 Å². The highest BCUT2D eigenvalue weighted by molar-refractivity contribution is 7.81. The van der Waals surface area contributed by atoms with Gasteiger partial charge in [-0.3, -0.25) is 14.4 Å². The summed E-state index contributed by atoms with van der Waals surface area (Å²) in [6, 6.07) is -2.47. The molecule has 3 fully saturated rings. The Balaban J connectivity index is 1.49. The van der Waals surface area contributed by atoms with E-state index >= 15 is 0 Å². The van der Waals surface area contributed by atoms with Crippen LogP contribution < -0.4 is 5.32 Å². The van der Waals surface area contributed by atoms with Crippen molar-refractivity contribution in [1.82, 2.24) is 20.2 Å². The van der Waals surface area contributed by atoms with E-state index in [1.165, 1.54) is 37.5 Å². The fourth-order valence-corrected chi connectivity index (χ4v) is 5.57.